The number of pyridine rings is 1. The minimum atomic E-state index is -1.05. The van der Waals surface area contributed by atoms with E-state index in [0.29, 0.717) is 18.1 Å². The number of nitrogens with two attached hydrogens (primary N) is 1. The molecule has 1 aromatic heterocycles. The van der Waals surface area contributed by atoms with Crippen LogP contribution in [0.2, 0.25) is 0 Å². The second-order valence-corrected chi connectivity index (χ2v) is 4.49. The highest BCUT2D eigenvalue weighted by atomic mass is 16.5. The predicted octanol–water partition coefficient (Wildman–Crippen LogP) is 2.03. The summed E-state index contributed by atoms with van der Waals surface area (Å²) < 4.78 is 5.09. The van der Waals surface area contributed by atoms with E-state index in [-0.39, 0.29) is 5.56 Å². The Bertz CT molecular complexity index is 627. The zero-order chi connectivity index (χ0) is 15.2. The third-order valence-corrected chi connectivity index (χ3v) is 3.00. The molecule has 0 aliphatic rings. The van der Waals surface area contributed by atoms with Crippen molar-refractivity contribution in [1.29, 1.82) is 0 Å². The lowest BCUT2D eigenvalue weighted by Gasteiger charge is -2.09. The van der Waals surface area contributed by atoms with Gasteiger partial charge in [-0.1, -0.05) is 12.1 Å². The Kier molecular flexibility index (Phi) is 4.61. The summed E-state index contributed by atoms with van der Waals surface area (Å²) in [4.78, 5) is 15.1. The van der Waals surface area contributed by atoms with Crippen LogP contribution in [0.25, 0.3) is 0 Å². The predicted molar refractivity (Wildman–Crippen MR) is 80.8 cm³/mol. The fourth-order valence-corrected chi connectivity index (χ4v) is 1.90. The molecule has 2 rings (SSSR count). The quantitative estimate of drug-likeness (QED) is 0.752. The number of nitrogen functional groups attached to an aromatic ring is 1. The van der Waals surface area contributed by atoms with Gasteiger partial charge in [-0.2, -0.15) is 0 Å². The Hall–Kier alpha value is -2.76. The minimum absolute atomic E-state index is 0.0738. The number of hydrogen-bond acceptors (Lipinski definition) is 5. The molecule has 0 saturated heterocycles. The number of nitrogens with one attached hydrogen (secondary N) is 1. The fraction of sp³-hybridized carbons (Fsp3) is 0.200. The lowest BCUT2D eigenvalue weighted by molar-refractivity contribution is 0.0697. The van der Waals surface area contributed by atoms with Crippen molar-refractivity contribution in [3.63, 3.8) is 0 Å². The van der Waals surface area contributed by atoms with Crippen molar-refractivity contribution in [2.75, 3.05) is 24.7 Å². The van der Waals surface area contributed by atoms with E-state index in [1.54, 1.807) is 7.11 Å². The smallest absolute Gasteiger partial charge is 0.339 e. The summed E-state index contributed by atoms with van der Waals surface area (Å²) in [5.41, 5.74) is 7.07. The Morgan fingerprint density at radius 2 is 2.10 bits per heavy atom. The molecule has 0 saturated carbocycles. The van der Waals surface area contributed by atoms with Crippen molar-refractivity contribution in [2.24, 2.45) is 0 Å². The molecule has 4 N–H and O–H groups in total. The number of anilines is 2. The number of carboxylic acid groups (broad SMARTS) is 1. The van der Waals surface area contributed by atoms with E-state index >= 15 is 0 Å². The van der Waals surface area contributed by atoms with E-state index in [4.69, 9.17) is 15.6 Å². The SMILES string of the molecule is COc1ccc(CCNc2ncc(N)cc2C(=O)O)cc1. The summed E-state index contributed by atoms with van der Waals surface area (Å²) in [6, 6.07) is 9.11. The van der Waals surface area contributed by atoms with E-state index in [1.165, 1.54) is 12.3 Å². The monoisotopic (exact) mass is 287 g/mol. The van der Waals surface area contributed by atoms with Gasteiger partial charge in [0.25, 0.3) is 0 Å². The Labute approximate surface area is 122 Å². The number of aromatic carboxylic acids is 1. The van der Waals surface area contributed by atoms with Gasteiger partial charge < -0.3 is 20.9 Å². The van der Waals surface area contributed by atoms with Crippen molar-refractivity contribution < 1.29 is 14.6 Å². The molecule has 1 heterocycles. The standard InChI is InChI=1S/C15H17N3O3/c1-21-12-4-2-10(3-5-12)6-7-17-14-13(15(19)20)8-11(16)9-18-14/h2-5,8-9H,6-7,16H2,1H3,(H,17,18)(H,19,20). The number of ether oxygens (including phenoxy) is 1. The number of carboxylic acids is 1. The van der Waals surface area contributed by atoms with Crippen LogP contribution in [0.1, 0.15) is 15.9 Å². The second kappa shape index (κ2) is 6.60. The Balaban J connectivity index is 1.98. The molecule has 1 aromatic carbocycles. The summed E-state index contributed by atoms with van der Waals surface area (Å²) >= 11 is 0. The van der Waals surface area contributed by atoms with E-state index in [2.05, 4.69) is 10.3 Å². The van der Waals surface area contributed by atoms with E-state index in [0.717, 1.165) is 17.7 Å². The van der Waals surface area contributed by atoms with Crippen LogP contribution in [0.3, 0.4) is 0 Å². The zero-order valence-corrected chi connectivity index (χ0v) is 11.7. The number of nitrogens with zero attached hydrogens (tertiary/aromatic N) is 1. The van der Waals surface area contributed by atoms with Gasteiger partial charge in [-0.15, -0.1) is 0 Å². The highest BCUT2D eigenvalue weighted by Gasteiger charge is 2.11. The van der Waals surface area contributed by atoms with Crippen LogP contribution in [0.5, 0.6) is 5.75 Å². The molecule has 0 aliphatic carbocycles. The highest BCUT2D eigenvalue weighted by Crippen LogP contribution is 2.16. The number of methoxy groups -OCH3 is 1. The first-order valence-corrected chi connectivity index (χ1v) is 6.46. The molecule has 0 fully saturated rings. The number of aromatic nitrogens is 1. The van der Waals surface area contributed by atoms with Crippen LogP contribution >= 0.6 is 0 Å². The zero-order valence-electron chi connectivity index (χ0n) is 11.7. The van der Waals surface area contributed by atoms with Crippen LogP contribution in [0.4, 0.5) is 11.5 Å². The molecular formula is C15H17N3O3. The van der Waals surface area contributed by atoms with Crippen LogP contribution in [0, 0.1) is 0 Å². The molecule has 2 aromatic rings. The van der Waals surface area contributed by atoms with Gasteiger partial charge >= 0.3 is 5.97 Å². The molecule has 0 atom stereocenters. The number of rotatable bonds is 6. The topological polar surface area (TPSA) is 97.5 Å². The molecule has 0 radical (unpaired) electrons. The fourth-order valence-electron chi connectivity index (χ4n) is 1.90. The number of hydrogen-bond donors (Lipinski definition) is 3. The summed E-state index contributed by atoms with van der Waals surface area (Å²) in [7, 11) is 1.62. The van der Waals surface area contributed by atoms with Crippen LogP contribution < -0.4 is 15.8 Å². The lowest BCUT2D eigenvalue weighted by atomic mass is 10.1. The molecule has 0 amide bonds. The molecule has 0 unspecified atom stereocenters. The maximum Gasteiger partial charge on any atom is 0.339 e. The summed E-state index contributed by atoms with van der Waals surface area (Å²) in [6.45, 7) is 0.573. The molecule has 0 aliphatic heterocycles. The van der Waals surface area contributed by atoms with Crippen molar-refractivity contribution in [1.82, 2.24) is 4.98 Å². The van der Waals surface area contributed by atoms with Crippen LogP contribution in [-0.2, 0) is 6.42 Å². The van der Waals surface area contributed by atoms with Gasteiger partial charge in [-0.3, -0.25) is 0 Å². The van der Waals surface area contributed by atoms with Crippen LogP contribution in [-0.4, -0.2) is 29.7 Å². The summed E-state index contributed by atoms with van der Waals surface area (Å²) in [6.07, 6.45) is 2.18. The largest absolute Gasteiger partial charge is 0.497 e. The molecule has 0 bridgehead atoms. The Morgan fingerprint density at radius 3 is 2.71 bits per heavy atom. The summed E-state index contributed by atoms with van der Waals surface area (Å²) in [5.74, 6) is 0.0760. The van der Waals surface area contributed by atoms with Gasteiger partial charge in [0.2, 0.25) is 0 Å². The third-order valence-electron chi connectivity index (χ3n) is 3.00. The Morgan fingerprint density at radius 1 is 1.38 bits per heavy atom. The van der Waals surface area contributed by atoms with Gasteiger partial charge in [-0.25, -0.2) is 9.78 Å². The van der Waals surface area contributed by atoms with E-state index in [1.807, 2.05) is 24.3 Å². The first kappa shape index (κ1) is 14.6. The van der Waals surface area contributed by atoms with Gasteiger partial charge in [0.1, 0.15) is 17.1 Å². The van der Waals surface area contributed by atoms with Gasteiger partial charge in [0.15, 0.2) is 0 Å². The van der Waals surface area contributed by atoms with E-state index < -0.39 is 5.97 Å². The number of carbonyl (C=O) groups is 1. The van der Waals surface area contributed by atoms with Gasteiger partial charge in [0.05, 0.1) is 19.0 Å². The van der Waals surface area contributed by atoms with Crippen LogP contribution in [0.15, 0.2) is 36.5 Å². The maximum absolute atomic E-state index is 11.1. The second-order valence-electron chi connectivity index (χ2n) is 4.49. The first-order chi connectivity index (χ1) is 10.1. The maximum atomic E-state index is 11.1. The molecule has 6 heteroatoms. The van der Waals surface area contributed by atoms with Gasteiger partial charge in [0, 0.05) is 6.54 Å². The average Bonchev–Trinajstić information content (AvgIpc) is 2.49. The van der Waals surface area contributed by atoms with Crippen molar-refractivity contribution in [3.05, 3.63) is 47.7 Å². The first-order valence-electron chi connectivity index (χ1n) is 6.46. The average molecular weight is 287 g/mol. The van der Waals surface area contributed by atoms with Crippen molar-refractivity contribution >= 4 is 17.5 Å². The third kappa shape index (κ3) is 3.85. The normalized spacial score (nSPS) is 10.1. The lowest BCUT2D eigenvalue weighted by Crippen LogP contribution is -2.11. The minimum Gasteiger partial charge on any atom is -0.497 e. The molecular weight excluding hydrogens is 270 g/mol. The van der Waals surface area contributed by atoms with Crippen molar-refractivity contribution in [2.45, 2.75) is 6.42 Å². The highest BCUT2D eigenvalue weighted by molar-refractivity contribution is 5.94. The molecule has 21 heavy (non-hydrogen) atoms. The molecule has 6 nitrogen and oxygen atoms in total. The number of benzene rings is 1. The molecule has 0 spiro atoms. The summed E-state index contributed by atoms with van der Waals surface area (Å²) in [5, 5.41) is 12.1. The van der Waals surface area contributed by atoms with Gasteiger partial charge in [-0.05, 0) is 30.2 Å². The van der Waals surface area contributed by atoms with Crippen molar-refractivity contribution in [3.8, 4) is 5.75 Å². The van der Waals surface area contributed by atoms with E-state index in [9.17, 15) is 4.79 Å². The molecule has 110 valence electrons.